The molecule has 0 amide bonds. The van der Waals surface area contributed by atoms with Gasteiger partial charge in [-0.15, -0.1) is 0 Å². The summed E-state index contributed by atoms with van der Waals surface area (Å²) in [6.45, 7) is 0. The minimum atomic E-state index is 0.606. The van der Waals surface area contributed by atoms with E-state index >= 15 is 0 Å². The second kappa shape index (κ2) is 4.06. The Balaban J connectivity index is 2.23. The molecular formula is C9H8BrN3S. The number of nitrogen functional groups attached to an aromatic ring is 1. The highest BCUT2D eigenvalue weighted by Crippen LogP contribution is 2.31. The Kier molecular flexibility index (Phi) is 2.79. The summed E-state index contributed by atoms with van der Waals surface area (Å²) in [6, 6.07) is 8.05. The van der Waals surface area contributed by atoms with Crippen molar-refractivity contribution in [2.75, 3.05) is 5.73 Å². The summed E-state index contributed by atoms with van der Waals surface area (Å²) in [5.74, 6) is 0.606. The van der Waals surface area contributed by atoms with Crippen molar-refractivity contribution >= 4 is 33.5 Å². The maximum absolute atomic E-state index is 5.68. The van der Waals surface area contributed by atoms with Gasteiger partial charge < -0.3 is 5.73 Å². The molecule has 3 N–H and O–H groups in total. The van der Waals surface area contributed by atoms with Gasteiger partial charge in [-0.25, -0.2) is 0 Å². The van der Waals surface area contributed by atoms with E-state index in [1.807, 2.05) is 24.3 Å². The van der Waals surface area contributed by atoms with Crippen LogP contribution in [0.2, 0.25) is 0 Å². The minimum absolute atomic E-state index is 0.606. The van der Waals surface area contributed by atoms with Crippen LogP contribution in [0.15, 0.2) is 44.7 Å². The van der Waals surface area contributed by atoms with Crippen molar-refractivity contribution in [3.8, 4) is 0 Å². The number of anilines is 1. The van der Waals surface area contributed by atoms with Crippen LogP contribution in [0.4, 0.5) is 5.82 Å². The first-order valence-electron chi connectivity index (χ1n) is 3.98. The van der Waals surface area contributed by atoms with Crippen LogP contribution in [-0.2, 0) is 0 Å². The highest BCUT2D eigenvalue weighted by atomic mass is 79.9. The van der Waals surface area contributed by atoms with Gasteiger partial charge in [-0.1, -0.05) is 33.8 Å². The van der Waals surface area contributed by atoms with Crippen molar-refractivity contribution in [3.63, 3.8) is 0 Å². The van der Waals surface area contributed by atoms with E-state index in [-0.39, 0.29) is 0 Å². The molecule has 0 unspecified atom stereocenters. The van der Waals surface area contributed by atoms with Crippen molar-refractivity contribution in [1.82, 2.24) is 10.2 Å². The molecule has 0 saturated carbocycles. The molecule has 3 nitrogen and oxygen atoms in total. The molecule has 2 aromatic rings. The third-order valence-corrected chi connectivity index (χ3v) is 3.18. The molecule has 72 valence electrons. The van der Waals surface area contributed by atoms with Gasteiger partial charge in [0.2, 0.25) is 0 Å². The first-order valence-corrected chi connectivity index (χ1v) is 5.59. The normalized spacial score (nSPS) is 10.4. The Labute approximate surface area is 94.2 Å². The van der Waals surface area contributed by atoms with E-state index in [0.29, 0.717) is 5.82 Å². The Morgan fingerprint density at radius 1 is 1.43 bits per heavy atom. The highest BCUT2D eigenvalue weighted by molar-refractivity contribution is 9.10. The number of nitrogens with two attached hydrogens (primary N) is 1. The standard InChI is InChI=1S/C9H8BrN3S/c10-6-2-1-3-7(4-6)14-8-5-12-13-9(8)11/h1-5H,(H3,11,12,13). The molecule has 1 aromatic carbocycles. The summed E-state index contributed by atoms with van der Waals surface area (Å²) < 4.78 is 1.06. The SMILES string of the molecule is Nc1[nH]ncc1Sc1cccc(Br)c1. The molecule has 5 heteroatoms. The van der Waals surface area contributed by atoms with E-state index in [1.165, 1.54) is 0 Å². The molecule has 0 aliphatic heterocycles. The molecule has 1 aromatic heterocycles. The zero-order valence-corrected chi connectivity index (χ0v) is 9.60. The molecule has 1 heterocycles. The first kappa shape index (κ1) is 9.61. The monoisotopic (exact) mass is 269 g/mol. The lowest BCUT2D eigenvalue weighted by molar-refractivity contribution is 1.10. The topological polar surface area (TPSA) is 54.7 Å². The number of rotatable bonds is 2. The van der Waals surface area contributed by atoms with Crippen LogP contribution in [-0.4, -0.2) is 10.2 Å². The van der Waals surface area contributed by atoms with Crippen LogP contribution >= 0.6 is 27.7 Å². The summed E-state index contributed by atoms with van der Waals surface area (Å²) >= 11 is 5.00. The highest BCUT2D eigenvalue weighted by Gasteiger charge is 2.03. The predicted octanol–water partition coefficient (Wildman–Crippen LogP) is 2.91. The summed E-state index contributed by atoms with van der Waals surface area (Å²) in [5, 5.41) is 6.56. The number of nitrogens with one attached hydrogen (secondary N) is 1. The number of aromatic nitrogens is 2. The fourth-order valence-electron chi connectivity index (χ4n) is 1.02. The van der Waals surface area contributed by atoms with Gasteiger partial charge in [-0.05, 0) is 18.2 Å². The van der Waals surface area contributed by atoms with E-state index < -0.39 is 0 Å². The Hall–Kier alpha value is -0.940. The van der Waals surface area contributed by atoms with E-state index in [2.05, 4.69) is 26.1 Å². The summed E-state index contributed by atoms with van der Waals surface area (Å²) in [7, 11) is 0. The molecule has 2 rings (SSSR count). The minimum Gasteiger partial charge on any atom is -0.383 e. The van der Waals surface area contributed by atoms with Crippen molar-refractivity contribution in [3.05, 3.63) is 34.9 Å². The molecule has 0 aliphatic rings. The maximum atomic E-state index is 5.68. The molecule has 0 bridgehead atoms. The molecule has 0 aliphatic carbocycles. The van der Waals surface area contributed by atoms with Crippen molar-refractivity contribution in [2.24, 2.45) is 0 Å². The number of hydrogen-bond donors (Lipinski definition) is 2. The number of halogens is 1. The van der Waals surface area contributed by atoms with E-state index in [1.54, 1.807) is 18.0 Å². The zero-order chi connectivity index (χ0) is 9.97. The second-order valence-corrected chi connectivity index (χ2v) is 4.74. The fraction of sp³-hybridized carbons (Fsp3) is 0. The molecule has 0 spiro atoms. The molecule has 0 atom stereocenters. The van der Waals surface area contributed by atoms with Gasteiger partial charge in [0.25, 0.3) is 0 Å². The maximum Gasteiger partial charge on any atom is 0.133 e. The third kappa shape index (κ3) is 2.10. The molecule has 14 heavy (non-hydrogen) atoms. The van der Waals surface area contributed by atoms with Crippen molar-refractivity contribution < 1.29 is 0 Å². The number of aromatic amines is 1. The average molecular weight is 270 g/mol. The van der Waals surface area contributed by atoms with Crippen LogP contribution in [0.1, 0.15) is 0 Å². The van der Waals surface area contributed by atoms with Gasteiger partial charge in [0.05, 0.1) is 11.1 Å². The molecule has 0 saturated heterocycles. The van der Waals surface area contributed by atoms with Gasteiger partial charge in [0.1, 0.15) is 5.82 Å². The van der Waals surface area contributed by atoms with Gasteiger partial charge in [0, 0.05) is 9.37 Å². The van der Waals surface area contributed by atoms with E-state index in [4.69, 9.17) is 5.73 Å². The summed E-state index contributed by atoms with van der Waals surface area (Å²) in [6.07, 6.45) is 1.72. The number of H-pyrrole nitrogens is 1. The van der Waals surface area contributed by atoms with Gasteiger partial charge in [-0.2, -0.15) is 5.10 Å². The van der Waals surface area contributed by atoms with Gasteiger partial charge >= 0.3 is 0 Å². The Bertz CT molecular complexity index is 441. The van der Waals surface area contributed by atoms with Gasteiger partial charge in [-0.3, -0.25) is 5.10 Å². The largest absolute Gasteiger partial charge is 0.383 e. The van der Waals surface area contributed by atoms with Crippen molar-refractivity contribution in [2.45, 2.75) is 9.79 Å². The summed E-state index contributed by atoms with van der Waals surface area (Å²) in [5.41, 5.74) is 5.68. The van der Waals surface area contributed by atoms with Crippen molar-refractivity contribution in [1.29, 1.82) is 0 Å². The molecule has 0 fully saturated rings. The second-order valence-electron chi connectivity index (χ2n) is 2.71. The fourth-order valence-corrected chi connectivity index (χ4v) is 2.42. The van der Waals surface area contributed by atoms with E-state index in [0.717, 1.165) is 14.3 Å². The van der Waals surface area contributed by atoms with Crippen LogP contribution in [0.25, 0.3) is 0 Å². The zero-order valence-electron chi connectivity index (χ0n) is 7.20. The predicted molar refractivity (Wildman–Crippen MR) is 61.3 cm³/mol. The average Bonchev–Trinajstić information content (AvgIpc) is 2.52. The lowest BCUT2D eigenvalue weighted by atomic mass is 10.4. The van der Waals surface area contributed by atoms with E-state index in [9.17, 15) is 0 Å². The van der Waals surface area contributed by atoms with Crippen LogP contribution in [0.3, 0.4) is 0 Å². The Morgan fingerprint density at radius 3 is 2.93 bits per heavy atom. The Morgan fingerprint density at radius 2 is 2.29 bits per heavy atom. The van der Waals surface area contributed by atoms with Gasteiger partial charge in [0.15, 0.2) is 0 Å². The smallest absolute Gasteiger partial charge is 0.133 e. The van der Waals surface area contributed by atoms with Crippen LogP contribution in [0.5, 0.6) is 0 Å². The number of nitrogens with zero attached hydrogens (tertiary/aromatic N) is 1. The molecular weight excluding hydrogens is 262 g/mol. The number of benzene rings is 1. The lowest BCUT2D eigenvalue weighted by Gasteiger charge is -1.99. The lowest BCUT2D eigenvalue weighted by Crippen LogP contribution is -1.85. The molecule has 0 radical (unpaired) electrons. The quantitative estimate of drug-likeness (QED) is 0.882. The van der Waals surface area contributed by atoms with Crippen LogP contribution in [0, 0.1) is 0 Å². The first-order chi connectivity index (χ1) is 6.75. The number of hydrogen-bond acceptors (Lipinski definition) is 3. The third-order valence-electron chi connectivity index (χ3n) is 1.66. The summed E-state index contributed by atoms with van der Waals surface area (Å²) in [4.78, 5) is 2.08. The van der Waals surface area contributed by atoms with Crippen LogP contribution < -0.4 is 5.73 Å².